The van der Waals surface area contributed by atoms with Gasteiger partial charge in [-0.1, -0.05) is 19.3 Å². The minimum absolute atomic E-state index is 0.00920. The van der Waals surface area contributed by atoms with E-state index in [1.807, 2.05) is 4.90 Å². The van der Waals surface area contributed by atoms with Gasteiger partial charge in [0.05, 0.1) is 0 Å². The van der Waals surface area contributed by atoms with E-state index in [-0.39, 0.29) is 23.5 Å². The van der Waals surface area contributed by atoms with Crippen LogP contribution in [-0.4, -0.2) is 41.0 Å². The van der Waals surface area contributed by atoms with Crippen LogP contribution in [0, 0.1) is 17.8 Å². The minimum atomic E-state index is -0.262. The van der Waals surface area contributed by atoms with Gasteiger partial charge in [0.25, 0.3) is 0 Å². The van der Waals surface area contributed by atoms with Gasteiger partial charge in [-0.3, -0.25) is 4.79 Å². The molecular formula is C22H35N3O2. The van der Waals surface area contributed by atoms with E-state index in [4.69, 9.17) is 0 Å². The molecule has 1 unspecified atom stereocenters. The van der Waals surface area contributed by atoms with Crippen molar-refractivity contribution in [3.8, 4) is 0 Å². The largest absolute Gasteiger partial charge is 0.349 e. The lowest BCUT2D eigenvalue weighted by Crippen LogP contribution is -2.62. The molecule has 1 aliphatic heterocycles. The molecule has 6 fully saturated rings. The van der Waals surface area contributed by atoms with Crippen LogP contribution in [0.15, 0.2) is 0 Å². The van der Waals surface area contributed by atoms with Gasteiger partial charge >= 0.3 is 6.03 Å². The molecule has 4 bridgehead atoms. The van der Waals surface area contributed by atoms with Crippen molar-refractivity contribution in [2.45, 2.75) is 101 Å². The van der Waals surface area contributed by atoms with E-state index in [1.165, 1.54) is 57.8 Å². The second-order valence-corrected chi connectivity index (χ2v) is 10.3. The summed E-state index contributed by atoms with van der Waals surface area (Å²) in [7, 11) is 0. The Kier molecular flexibility index (Phi) is 4.60. The third-order valence-electron chi connectivity index (χ3n) is 8.18. The van der Waals surface area contributed by atoms with Gasteiger partial charge in [0.15, 0.2) is 0 Å². The summed E-state index contributed by atoms with van der Waals surface area (Å²) in [5, 5.41) is 6.71. The molecule has 0 aromatic heterocycles. The number of nitrogens with zero attached hydrogens (tertiary/aromatic N) is 1. The number of hydrogen-bond donors (Lipinski definition) is 2. The molecule has 5 nitrogen and oxygen atoms in total. The van der Waals surface area contributed by atoms with Gasteiger partial charge < -0.3 is 15.5 Å². The van der Waals surface area contributed by atoms with E-state index >= 15 is 0 Å². The fourth-order valence-corrected chi connectivity index (χ4v) is 7.40. The highest BCUT2D eigenvalue weighted by Gasteiger charge is 2.52. The SMILES string of the molecule is O=C(NC12CC3CC(CC(C3)C1)C2)C1CCCN1C(=O)NC1CCCCC1. The molecule has 150 valence electrons. The summed E-state index contributed by atoms with van der Waals surface area (Å²) >= 11 is 0. The third-order valence-corrected chi connectivity index (χ3v) is 8.18. The smallest absolute Gasteiger partial charge is 0.318 e. The summed E-state index contributed by atoms with van der Waals surface area (Å²) < 4.78 is 0. The van der Waals surface area contributed by atoms with Crippen LogP contribution in [-0.2, 0) is 4.79 Å². The molecule has 5 aliphatic carbocycles. The van der Waals surface area contributed by atoms with Crippen molar-refractivity contribution >= 4 is 11.9 Å². The molecular weight excluding hydrogens is 338 g/mol. The van der Waals surface area contributed by atoms with Crippen molar-refractivity contribution < 1.29 is 9.59 Å². The van der Waals surface area contributed by atoms with Gasteiger partial charge in [-0.05, 0) is 82.0 Å². The molecule has 0 radical (unpaired) electrons. The summed E-state index contributed by atoms with van der Waals surface area (Å²) in [5.74, 6) is 2.59. The normalized spacial score (nSPS) is 41.0. The lowest BCUT2D eigenvalue weighted by molar-refractivity contribution is -0.130. The maximum Gasteiger partial charge on any atom is 0.318 e. The standard InChI is InChI=1S/C22H35N3O2/c26-20(24-22-12-15-9-16(13-22)11-17(10-15)14-22)19-7-4-8-25(19)21(27)23-18-5-2-1-3-6-18/h15-19H,1-14H2,(H,23,27)(H,24,26). The van der Waals surface area contributed by atoms with Crippen molar-refractivity contribution in [1.82, 2.24) is 15.5 Å². The maximum atomic E-state index is 13.2. The van der Waals surface area contributed by atoms with Gasteiger partial charge in [0, 0.05) is 18.1 Å². The molecule has 1 heterocycles. The Balaban J connectivity index is 1.22. The fraction of sp³-hybridized carbons (Fsp3) is 0.909. The van der Waals surface area contributed by atoms with Gasteiger partial charge in [0.2, 0.25) is 5.91 Å². The Morgan fingerprint density at radius 3 is 2.07 bits per heavy atom. The van der Waals surface area contributed by atoms with Crippen LogP contribution in [0.1, 0.15) is 83.5 Å². The number of carbonyl (C=O) groups excluding carboxylic acids is 2. The van der Waals surface area contributed by atoms with Crippen LogP contribution < -0.4 is 10.6 Å². The summed E-state index contributed by atoms with van der Waals surface area (Å²) in [6, 6.07) is 0.0328. The highest BCUT2D eigenvalue weighted by Crippen LogP contribution is 2.55. The Bertz CT molecular complexity index is 563. The predicted octanol–water partition coefficient (Wildman–Crippen LogP) is 3.58. The quantitative estimate of drug-likeness (QED) is 0.794. The van der Waals surface area contributed by atoms with E-state index in [1.54, 1.807) is 0 Å². The van der Waals surface area contributed by atoms with Crippen LogP contribution in [0.3, 0.4) is 0 Å². The molecule has 0 aromatic carbocycles. The first-order valence-electron chi connectivity index (χ1n) is 11.5. The van der Waals surface area contributed by atoms with E-state index < -0.39 is 0 Å². The molecule has 1 atom stereocenters. The van der Waals surface area contributed by atoms with Crippen molar-refractivity contribution in [2.75, 3.05) is 6.54 Å². The molecule has 6 rings (SSSR count). The third kappa shape index (κ3) is 3.47. The van der Waals surface area contributed by atoms with Crippen LogP contribution in [0.2, 0.25) is 0 Å². The average molecular weight is 374 g/mol. The number of likely N-dealkylation sites (tertiary alicyclic amines) is 1. The number of nitrogens with one attached hydrogen (secondary N) is 2. The van der Waals surface area contributed by atoms with Gasteiger partial charge in [-0.2, -0.15) is 0 Å². The van der Waals surface area contributed by atoms with Crippen LogP contribution in [0.5, 0.6) is 0 Å². The second kappa shape index (κ2) is 6.97. The second-order valence-electron chi connectivity index (χ2n) is 10.3. The molecule has 5 heteroatoms. The van der Waals surface area contributed by atoms with E-state index in [0.29, 0.717) is 6.04 Å². The fourth-order valence-electron chi connectivity index (χ4n) is 7.40. The first-order chi connectivity index (χ1) is 13.1. The number of carbonyl (C=O) groups is 2. The number of amides is 3. The first kappa shape index (κ1) is 17.8. The molecule has 0 aromatic rings. The lowest BCUT2D eigenvalue weighted by atomic mass is 9.53. The monoisotopic (exact) mass is 373 g/mol. The maximum absolute atomic E-state index is 13.2. The van der Waals surface area contributed by atoms with Crippen LogP contribution >= 0.6 is 0 Å². The lowest BCUT2D eigenvalue weighted by Gasteiger charge is -2.57. The molecule has 6 aliphatic rings. The van der Waals surface area contributed by atoms with Crippen molar-refractivity contribution in [1.29, 1.82) is 0 Å². The summed E-state index contributed by atoms with van der Waals surface area (Å²) in [5.41, 5.74) is 0.0416. The average Bonchev–Trinajstić information content (AvgIpc) is 3.11. The summed E-state index contributed by atoms with van der Waals surface area (Å²) in [6.07, 6.45) is 15.3. The zero-order valence-electron chi connectivity index (χ0n) is 16.5. The van der Waals surface area contributed by atoms with Crippen molar-refractivity contribution in [3.63, 3.8) is 0 Å². The van der Waals surface area contributed by atoms with Gasteiger partial charge in [-0.15, -0.1) is 0 Å². The highest BCUT2D eigenvalue weighted by atomic mass is 16.2. The Labute approximate surface area is 163 Å². The number of urea groups is 1. The molecule has 3 amide bonds. The predicted molar refractivity (Wildman–Crippen MR) is 104 cm³/mol. The Hall–Kier alpha value is -1.26. The van der Waals surface area contributed by atoms with Gasteiger partial charge in [0.1, 0.15) is 6.04 Å². The molecule has 0 spiro atoms. The first-order valence-corrected chi connectivity index (χ1v) is 11.5. The summed E-state index contributed by atoms with van der Waals surface area (Å²) in [4.78, 5) is 27.9. The van der Waals surface area contributed by atoms with Crippen LogP contribution in [0.25, 0.3) is 0 Å². The Morgan fingerprint density at radius 1 is 0.815 bits per heavy atom. The number of rotatable bonds is 3. The molecule has 2 N–H and O–H groups in total. The topological polar surface area (TPSA) is 61.4 Å². The molecule has 5 saturated carbocycles. The number of hydrogen-bond acceptors (Lipinski definition) is 2. The van der Waals surface area contributed by atoms with Crippen molar-refractivity contribution in [3.05, 3.63) is 0 Å². The summed E-state index contributed by atoms with van der Waals surface area (Å²) in [6.45, 7) is 0.720. The highest BCUT2D eigenvalue weighted by molar-refractivity contribution is 5.88. The molecule has 27 heavy (non-hydrogen) atoms. The van der Waals surface area contributed by atoms with E-state index in [0.717, 1.165) is 50.0 Å². The zero-order chi connectivity index (χ0) is 18.4. The molecule has 1 saturated heterocycles. The van der Waals surface area contributed by atoms with Gasteiger partial charge in [-0.25, -0.2) is 4.79 Å². The minimum Gasteiger partial charge on any atom is -0.349 e. The van der Waals surface area contributed by atoms with E-state index in [2.05, 4.69) is 10.6 Å². The van der Waals surface area contributed by atoms with Crippen molar-refractivity contribution in [2.24, 2.45) is 17.8 Å². The Morgan fingerprint density at radius 2 is 1.44 bits per heavy atom. The van der Waals surface area contributed by atoms with Crippen LogP contribution in [0.4, 0.5) is 4.79 Å². The zero-order valence-corrected chi connectivity index (χ0v) is 16.5. The van der Waals surface area contributed by atoms with E-state index in [9.17, 15) is 9.59 Å².